The number of cyclic esters (lactones) is 1. The van der Waals surface area contributed by atoms with Crippen LogP contribution in [0.3, 0.4) is 0 Å². The van der Waals surface area contributed by atoms with Crippen LogP contribution in [0.15, 0.2) is 42.6 Å². The second-order valence-electron chi connectivity index (χ2n) is 8.65. The van der Waals surface area contributed by atoms with Crippen molar-refractivity contribution in [1.82, 2.24) is 4.98 Å². The summed E-state index contributed by atoms with van der Waals surface area (Å²) in [5.74, 6) is 1.14. The molecule has 156 valence electrons. The van der Waals surface area contributed by atoms with Crippen molar-refractivity contribution < 1.29 is 18.7 Å². The highest BCUT2D eigenvalue weighted by atomic mass is 19.1. The number of Topliss-reactive ketones (excluding diaryl/α,β-unsaturated/α-hetero) is 1. The van der Waals surface area contributed by atoms with Gasteiger partial charge >= 0.3 is 6.09 Å². The molecule has 1 aromatic heterocycles. The zero-order chi connectivity index (χ0) is 20.9. The Morgan fingerprint density at radius 1 is 1.30 bits per heavy atom. The molecule has 7 heteroatoms. The van der Waals surface area contributed by atoms with Gasteiger partial charge in [0.2, 0.25) is 0 Å². The van der Waals surface area contributed by atoms with Gasteiger partial charge in [-0.3, -0.25) is 4.90 Å². The van der Waals surface area contributed by atoms with Gasteiger partial charge in [-0.25, -0.2) is 14.2 Å². The van der Waals surface area contributed by atoms with Crippen LogP contribution in [0.5, 0.6) is 0 Å². The van der Waals surface area contributed by atoms with Gasteiger partial charge in [0.15, 0.2) is 0 Å². The van der Waals surface area contributed by atoms with Gasteiger partial charge in [0.1, 0.15) is 23.5 Å². The zero-order valence-corrected chi connectivity index (χ0v) is 16.9. The summed E-state index contributed by atoms with van der Waals surface area (Å²) in [4.78, 5) is 31.5. The highest BCUT2D eigenvalue weighted by Crippen LogP contribution is 2.60. The lowest BCUT2D eigenvalue weighted by atomic mass is 9.94. The van der Waals surface area contributed by atoms with Crippen molar-refractivity contribution >= 4 is 23.4 Å². The predicted molar refractivity (Wildman–Crippen MR) is 110 cm³/mol. The molecule has 3 fully saturated rings. The molecule has 3 heterocycles. The van der Waals surface area contributed by atoms with Gasteiger partial charge in [-0.2, -0.15) is 0 Å². The Labute approximate surface area is 174 Å². The van der Waals surface area contributed by atoms with E-state index in [1.165, 1.54) is 17.9 Å². The number of rotatable bonds is 6. The normalized spacial score (nSPS) is 27.2. The molecular formula is C23H24FN3O3. The molecule has 0 bridgehead atoms. The van der Waals surface area contributed by atoms with Crippen LogP contribution in [0.25, 0.3) is 0 Å². The molecule has 2 aliphatic heterocycles. The fraction of sp³-hybridized carbons (Fsp3) is 0.435. The highest BCUT2D eigenvalue weighted by molar-refractivity contribution is 5.89. The van der Waals surface area contributed by atoms with Crippen molar-refractivity contribution in [2.75, 3.05) is 29.4 Å². The van der Waals surface area contributed by atoms with Crippen LogP contribution >= 0.6 is 0 Å². The van der Waals surface area contributed by atoms with Gasteiger partial charge in [0.05, 0.1) is 12.2 Å². The Balaban J connectivity index is 1.32. The Morgan fingerprint density at radius 2 is 2.17 bits per heavy atom. The number of anilines is 2. The Bertz CT molecular complexity index is 998. The molecule has 0 unspecified atom stereocenters. The lowest BCUT2D eigenvalue weighted by molar-refractivity contribution is -0.117. The number of hydrogen-bond acceptors (Lipinski definition) is 5. The Kier molecular flexibility index (Phi) is 4.49. The molecule has 2 aromatic rings. The first-order valence-corrected chi connectivity index (χ1v) is 10.4. The largest absolute Gasteiger partial charge is 0.444 e. The van der Waals surface area contributed by atoms with Gasteiger partial charge in [-0.15, -0.1) is 0 Å². The standard InChI is InChI=1S/C23H24FN3O3/c1-15(28)5-7-18-13-27(22(29)30-18)17-6-8-19(20(24)10-17)23-11-16(23)12-26(14-23)21-4-2-3-9-25-21/h2-4,6,8-10,16,18H,5,7,11-14H2,1H3/t16-,18+,23-/m1/s1. The van der Waals surface area contributed by atoms with Crippen molar-refractivity contribution in [2.45, 2.75) is 37.7 Å². The lowest BCUT2D eigenvalue weighted by Gasteiger charge is -2.23. The zero-order valence-electron chi connectivity index (χ0n) is 16.9. The molecule has 3 aliphatic rings. The molecule has 3 atom stereocenters. The third-order valence-corrected chi connectivity index (χ3v) is 6.61. The van der Waals surface area contributed by atoms with E-state index in [9.17, 15) is 9.59 Å². The maximum atomic E-state index is 15.2. The predicted octanol–water partition coefficient (Wildman–Crippen LogP) is 3.69. The monoisotopic (exact) mass is 409 g/mol. The number of benzene rings is 1. The molecule has 2 saturated heterocycles. The smallest absolute Gasteiger partial charge is 0.414 e. The van der Waals surface area contributed by atoms with Crippen molar-refractivity contribution in [2.24, 2.45) is 5.92 Å². The number of carbonyl (C=O) groups excluding carboxylic acids is 2. The van der Waals surface area contributed by atoms with E-state index < -0.39 is 6.09 Å². The molecule has 30 heavy (non-hydrogen) atoms. The summed E-state index contributed by atoms with van der Waals surface area (Å²) >= 11 is 0. The molecule has 5 rings (SSSR count). The van der Waals surface area contributed by atoms with Crippen molar-refractivity contribution in [3.8, 4) is 0 Å². The van der Waals surface area contributed by atoms with E-state index in [2.05, 4.69) is 9.88 Å². The average molecular weight is 409 g/mol. The SMILES string of the molecule is CC(=O)CC[C@H]1CN(c2ccc([C@@]34C[C@@H]3CN(c3ccccn3)C4)c(F)c2)C(=O)O1. The van der Waals surface area contributed by atoms with Crippen LogP contribution in [0.2, 0.25) is 0 Å². The van der Waals surface area contributed by atoms with Crippen molar-refractivity contribution in [1.29, 1.82) is 0 Å². The molecule has 0 radical (unpaired) electrons. The van der Waals surface area contributed by atoms with Crippen LogP contribution in [0, 0.1) is 11.7 Å². The van der Waals surface area contributed by atoms with Gasteiger partial charge in [-0.1, -0.05) is 12.1 Å². The van der Waals surface area contributed by atoms with E-state index in [-0.39, 0.29) is 23.1 Å². The fourth-order valence-corrected chi connectivity index (χ4v) is 4.94. The Hall–Kier alpha value is -2.96. The number of piperidine rings is 1. The number of pyridine rings is 1. The number of fused-ring (bicyclic) bond motifs is 1. The van der Waals surface area contributed by atoms with Gasteiger partial charge in [-0.05, 0) is 55.5 Å². The summed E-state index contributed by atoms with van der Waals surface area (Å²) in [7, 11) is 0. The minimum Gasteiger partial charge on any atom is -0.444 e. The van der Waals surface area contributed by atoms with Crippen molar-refractivity contribution in [3.05, 3.63) is 54.0 Å². The molecule has 1 saturated carbocycles. The molecule has 1 aromatic carbocycles. The molecule has 0 spiro atoms. The summed E-state index contributed by atoms with van der Waals surface area (Å²) in [6.07, 6.45) is 2.80. The average Bonchev–Trinajstić information content (AvgIpc) is 3.09. The van der Waals surface area contributed by atoms with E-state index in [0.29, 0.717) is 31.0 Å². The highest BCUT2D eigenvalue weighted by Gasteiger charge is 2.62. The van der Waals surface area contributed by atoms with Crippen LogP contribution in [-0.2, 0) is 14.9 Å². The molecule has 1 amide bonds. The minimum absolute atomic E-state index is 0.0643. The van der Waals surface area contributed by atoms with Crippen LogP contribution < -0.4 is 9.80 Å². The number of halogens is 1. The minimum atomic E-state index is -0.486. The number of amides is 1. The second-order valence-corrected chi connectivity index (χ2v) is 8.65. The topological polar surface area (TPSA) is 62.7 Å². The maximum absolute atomic E-state index is 15.2. The maximum Gasteiger partial charge on any atom is 0.414 e. The number of nitrogens with zero attached hydrogens (tertiary/aromatic N) is 3. The Morgan fingerprint density at radius 3 is 2.90 bits per heavy atom. The number of ketones is 1. The first kappa shape index (κ1) is 19.0. The van der Waals surface area contributed by atoms with E-state index >= 15 is 4.39 Å². The summed E-state index contributed by atoms with van der Waals surface area (Å²) in [5, 5.41) is 0. The summed E-state index contributed by atoms with van der Waals surface area (Å²) in [6, 6.07) is 10.9. The number of aromatic nitrogens is 1. The molecule has 0 N–H and O–H groups in total. The number of hydrogen-bond donors (Lipinski definition) is 0. The first-order chi connectivity index (χ1) is 14.5. The van der Waals surface area contributed by atoms with Crippen LogP contribution in [0.4, 0.5) is 20.7 Å². The molecular weight excluding hydrogens is 385 g/mol. The van der Waals surface area contributed by atoms with Gasteiger partial charge < -0.3 is 14.4 Å². The van der Waals surface area contributed by atoms with E-state index in [1.807, 2.05) is 24.3 Å². The van der Waals surface area contributed by atoms with Crippen LogP contribution in [0.1, 0.15) is 31.7 Å². The summed E-state index contributed by atoms with van der Waals surface area (Å²) in [5.41, 5.74) is 1.05. The van der Waals surface area contributed by atoms with Crippen molar-refractivity contribution in [3.63, 3.8) is 0 Å². The molecule has 6 nitrogen and oxygen atoms in total. The number of ether oxygens (including phenoxy) is 1. The van der Waals surface area contributed by atoms with E-state index in [0.717, 1.165) is 30.9 Å². The van der Waals surface area contributed by atoms with Gasteiger partial charge in [0, 0.05) is 31.1 Å². The quantitative estimate of drug-likeness (QED) is 0.728. The van der Waals surface area contributed by atoms with E-state index in [1.54, 1.807) is 12.3 Å². The van der Waals surface area contributed by atoms with Crippen LogP contribution in [-0.4, -0.2) is 42.6 Å². The third-order valence-electron chi connectivity index (χ3n) is 6.61. The summed E-state index contributed by atoms with van der Waals surface area (Å²) in [6.45, 7) is 3.50. The van der Waals surface area contributed by atoms with E-state index in [4.69, 9.17) is 4.74 Å². The number of carbonyl (C=O) groups is 2. The fourth-order valence-electron chi connectivity index (χ4n) is 4.94. The summed E-state index contributed by atoms with van der Waals surface area (Å²) < 4.78 is 20.5. The molecule has 1 aliphatic carbocycles. The lowest BCUT2D eigenvalue weighted by Crippen LogP contribution is -2.28. The third kappa shape index (κ3) is 3.22. The van der Waals surface area contributed by atoms with Gasteiger partial charge in [0.25, 0.3) is 0 Å². The first-order valence-electron chi connectivity index (χ1n) is 10.4. The second kappa shape index (κ2) is 7.07.